The van der Waals surface area contributed by atoms with Crippen molar-refractivity contribution >= 4 is 48.8 Å². The highest BCUT2D eigenvalue weighted by Crippen LogP contribution is 2.27. The van der Waals surface area contributed by atoms with Crippen LogP contribution in [0.2, 0.25) is 26.2 Å². The molecule has 0 aromatic heterocycles. The Bertz CT molecular complexity index is 482. The van der Waals surface area contributed by atoms with Gasteiger partial charge in [0, 0.05) is 18.3 Å². The van der Waals surface area contributed by atoms with Crippen molar-refractivity contribution in [2.45, 2.75) is 57.8 Å². The summed E-state index contributed by atoms with van der Waals surface area (Å²) in [5.74, 6) is -3.19. The molecule has 0 amide bonds. The fourth-order valence-electron chi connectivity index (χ4n) is 3.03. The third-order valence-electron chi connectivity index (χ3n) is 4.24. The average Bonchev–Trinajstić information content (AvgIpc) is 2.58. The van der Waals surface area contributed by atoms with Crippen molar-refractivity contribution in [3.8, 4) is 0 Å². The van der Waals surface area contributed by atoms with E-state index in [0.717, 1.165) is 0 Å². The van der Waals surface area contributed by atoms with Gasteiger partial charge in [0.1, 0.15) is 37.5 Å². The molecule has 0 aliphatic heterocycles. The summed E-state index contributed by atoms with van der Waals surface area (Å²) in [5, 5.41) is 0. The molecule has 9 heteroatoms. The molecular formula is C17H29O7Si2. The molecule has 1 radical (unpaired) electrons. The molecule has 0 fully saturated rings. The Hall–Kier alpha value is -1.30. The smallest absolute Gasteiger partial charge is 0.202 e. The first-order valence-electron chi connectivity index (χ1n) is 8.61. The molecule has 0 N–H and O–H groups in total. The second kappa shape index (κ2) is 12.2. The zero-order valence-electron chi connectivity index (χ0n) is 16.0. The molecule has 0 rings (SSSR count). The molecule has 0 heterocycles. The molecular weight excluding hydrogens is 372 g/mol. The number of carbonyl (C=O) groups excluding carboxylic acids is 5. The Morgan fingerprint density at radius 2 is 1.50 bits per heavy atom. The average molecular weight is 402 g/mol. The van der Waals surface area contributed by atoms with Crippen LogP contribution < -0.4 is 0 Å². The van der Waals surface area contributed by atoms with Crippen LogP contribution in [0.25, 0.3) is 0 Å². The molecule has 0 aliphatic carbocycles. The number of ether oxygens (including phenoxy) is 1. The summed E-state index contributed by atoms with van der Waals surface area (Å²) in [6.07, 6.45) is 1.57. The summed E-state index contributed by atoms with van der Waals surface area (Å²) in [7, 11) is -3.27. The van der Waals surface area contributed by atoms with E-state index in [-0.39, 0.29) is 12.1 Å². The minimum Gasteiger partial charge on any atom is -0.454 e. The summed E-state index contributed by atoms with van der Waals surface area (Å²) in [4.78, 5) is 56.7. The summed E-state index contributed by atoms with van der Waals surface area (Å²) in [6, 6.07) is 0. The highest BCUT2D eigenvalue weighted by molar-refractivity contribution is 6.78. The lowest BCUT2D eigenvalue weighted by molar-refractivity contribution is -0.139. The summed E-state index contributed by atoms with van der Waals surface area (Å²) >= 11 is 0. The normalized spacial score (nSPS) is 17.6. The van der Waals surface area contributed by atoms with E-state index in [9.17, 15) is 24.0 Å². The van der Waals surface area contributed by atoms with Crippen molar-refractivity contribution in [3.63, 3.8) is 0 Å². The molecule has 0 aromatic rings. The molecule has 5 atom stereocenters. The first kappa shape index (κ1) is 24.7. The lowest BCUT2D eigenvalue weighted by Crippen LogP contribution is -2.52. The van der Waals surface area contributed by atoms with Crippen molar-refractivity contribution in [1.29, 1.82) is 0 Å². The van der Waals surface area contributed by atoms with Crippen LogP contribution in [0.1, 0.15) is 19.8 Å². The highest BCUT2D eigenvalue weighted by atomic mass is 28.4. The minimum absolute atomic E-state index is 0.194. The van der Waals surface area contributed by atoms with E-state index in [1.165, 1.54) is 0 Å². The molecule has 7 nitrogen and oxygen atoms in total. The number of carbonyl (C=O) groups is 5. The van der Waals surface area contributed by atoms with Gasteiger partial charge in [0.15, 0.2) is 9.04 Å². The van der Waals surface area contributed by atoms with Crippen molar-refractivity contribution in [2.24, 2.45) is 17.8 Å². The SMILES string of the molecule is CCC(OC(C=O)C(C=O)C(C=O)C(C=O)CC=O)[Si](C)(C)O[Si](C)C. The van der Waals surface area contributed by atoms with Gasteiger partial charge in [0.2, 0.25) is 8.32 Å². The van der Waals surface area contributed by atoms with Gasteiger partial charge in [-0.25, -0.2) is 0 Å². The van der Waals surface area contributed by atoms with Crippen LogP contribution in [0.3, 0.4) is 0 Å². The van der Waals surface area contributed by atoms with Gasteiger partial charge in [-0.2, -0.15) is 0 Å². The predicted molar refractivity (Wildman–Crippen MR) is 100 cm³/mol. The maximum Gasteiger partial charge on any atom is 0.202 e. The van der Waals surface area contributed by atoms with Crippen molar-refractivity contribution in [3.05, 3.63) is 0 Å². The molecule has 0 aliphatic rings. The van der Waals surface area contributed by atoms with Crippen molar-refractivity contribution in [2.75, 3.05) is 0 Å². The van der Waals surface area contributed by atoms with Crippen LogP contribution >= 0.6 is 0 Å². The van der Waals surface area contributed by atoms with Crippen LogP contribution in [-0.4, -0.2) is 60.6 Å². The van der Waals surface area contributed by atoms with Crippen LogP contribution in [0.4, 0.5) is 0 Å². The number of hydrogen-bond acceptors (Lipinski definition) is 7. The van der Waals surface area contributed by atoms with E-state index in [1.54, 1.807) is 0 Å². The van der Waals surface area contributed by atoms with Crippen LogP contribution in [0.5, 0.6) is 0 Å². The summed E-state index contributed by atoms with van der Waals surface area (Å²) < 4.78 is 12.0. The second-order valence-corrected chi connectivity index (χ2v) is 13.4. The van der Waals surface area contributed by atoms with Gasteiger partial charge in [-0.1, -0.05) is 6.92 Å². The van der Waals surface area contributed by atoms with Crippen molar-refractivity contribution < 1.29 is 32.8 Å². The van der Waals surface area contributed by atoms with Crippen LogP contribution in [0.15, 0.2) is 0 Å². The second-order valence-electron chi connectivity index (χ2n) is 6.88. The number of aldehydes is 5. The van der Waals surface area contributed by atoms with Crippen LogP contribution in [-0.2, 0) is 32.8 Å². The standard InChI is InChI=1S/C17H29O7Si2/c1-6-17(26(4,5)24-25(2)3)23-16(12-22)15(11-21)14(10-20)13(9-19)7-8-18/h8-17H,6-7H2,1-5H3. The fourth-order valence-corrected chi connectivity index (χ4v) is 9.23. The lowest BCUT2D eigenvalue weighted by atomic mass is 9.80. The molecule has 5 unspecified atom stereocenters. The third-order valence-corrected chi connectivity index (χ3v) is 10.1. The summed E-state index contributed by atoms with van der Waals surface area (Å²) in [6.45, 7) is 9.88. The zero-order chi connectivity index (χ0) is 20.3. The van der Waals surface area contributed by atoms with E-state index in [4.69, 9.17) is 8.85 Å². The van der Waals surface area contributed by atoms with E-state index >= 15 is 0 Å². The molecule has 0 spiro atoms. The van der Waals surface area contributed by atoms with Gasteiger partial charge in [0.25, 0.3) is 0 Å². The van der Waals surface area contributed by atoms with Gasteiger partial charge < -0.3 is 32.8 Å². The number of hydrogen-bond donors (Lipinski definition) is 0. The lowest BCUT2D eigenvalue weighted by Gasteiger charge is -2.36. The molecule has 0 bridgehead atoms. The minimum atomic E-state index is -2.29. The van der Waals surface area contributed by atoms with Crippen LogP contribution in [0, 0.1) is 17.8 Å². The fraction of sp³-hybridized carbons (Fsp3) is 0.706. The monoisotopic (exact) mass is 401 g/mol. The number of rotatable bonds is 15. The Labute approximate surface area is 157 Å². The quantitative estimate of drug-likeness (QED) is 0.302. The van der Waals surface area contributed by atoms with Gasteiger partial charge in [0.05, 0.1) is 11.6 Å². The zero-order valence-corrected chi connectivity index (χ0v) is 18.0. The van der Waals surface area contributed by atoms with E-state index in [0.29, 0.717) is 37.9 Å². The van der Waals surface area contributed by atoms with E-state index in [2.05, 4.69) is 0 Å². The first-order chi connectivity index (χ1) is 12.2. The predicted octanol–water partition coefficient (Wildman–Crippen LogP) is 1.40. The largest absolute Gasteiger partial charge is 0.454 e. The van der Waals surface area contributed by atoms with Gasteiger partial charge in [-0.05, 0) is 32.6 Å². The Kier molecular flexibility index (Phi) is 11.5. The molecule has 26 heavy (non-hydrogen) atoms. The van der Waals surface area contributed by atoms with Gasteiger partial charge in [-0.15, -0.1) is 0 Å². The Morgan fingerprint density at radius 3 is 1.85 bits per heavy atom. The molecule has 0 aromatic carbocycles. The summed E-state index contributed by atoms with van der Waals surface area (Å²) in [5.41, 5.74) is -0.354. The van der Waals surface area contributed by atoms with Gasteiger partial charge >= 0.3 is 0 Å². The van der Waals surface area contributed by atoms with E-state index < -0.39 is 41.2 Å². The maximum absolute atomic E-state index is 11.6. The molecule has 0 saturated carbocycles. The van der Waals surface area contributed by atoms with E-state index in [1.807, 2.05) is 33.1 Å². The van der Waals surface area contributed by atoms with Crippen molar-refractivity contribution in [1.82, 2.24) is 0 Å². The Morgan fingerprint density at radius 1 is 0.923 bits per heavy atom. The first-order valence-corrected chi connectivity index (χ1v) is 14.0. The molecule has 0 saturated heterocycles. The Balaban J connectivity index is 5.56. The highest BCUT2D eigenvalue weighted by Gasteiger charge is 2.41. The third kappa shape index (κ3) is 7.14. The van der Waals surface area contributed by atoms with Gasteiger partial charge in [-0.3, -0.25) is 0 Å². The topological polar surface area (TPSA) is 104 Å². The molecule has 147 valence electrons. The maximum atomic E-state index is 11.6.